The van der Waals surface area contributed by atoms with E-state index in [0.717, 1.165) is 25.9 Å². The number of nitrogens with one attached hydrogen (secondary N) is 1. The molecule has 0 amide bonds. The fourth-order valence-electron chi connectivity index (χ4n) is 1.44. The molecule has 4 heteroatoms. The Morgan fingerprint density at radius 1 is 1.50 bits per heavy atom. The Kier molecular flexibility index (Phi) is 5.58. The molecule has 1 heterocycles. The van der Waals surface area contributed by atoms with Crippen molar-refractivity contribution in [3.8, 4) is 6.07 Å². The third-order valence-electron chi connectivity index (χ3n) is 2.41. The molecule has 88 valence electrons. The smallest absolute Gasteiger partial charge is 0.0621 e. The van der Waals surface area contributed by atoms with E-state index in [0.29, 0.717) is 12.5 Å². The molecule has 0 aliphatic rings. The number of aromatic nitrogens is 2. The molecule has 4 nitrogen and oxygen atoms in total. The SMILES string of the molecule is CC(C)n1cc(CNCCCCC#N)cn1. The molecule has 0 saturated heterocycles. The van der Waals surface area contributed by atoms with Crippen LogP contribution in [0.5, 0.6) is 0 Å². The van der Waals surface area contributed by atoms with Crippen molar-refractivity contribution in [2.75, 3.05) is 6.54 Å². The van der Waals surface area contributed by atoms with E-state index >= 15 is 0 Å². The lowest BCUT2D eigenvalue weighted by molar-refractivity contribution is 0.531. The monoisotopic (exact) mass is 220 g/mol. The van der Waals surface area contributed by atoms with Crippen LogP contribution in [0.1, 0.15) is 44.7 Å². The minimum absolute atomic E-state index is 0.421. The molecule has 1 aromatic rings. The number of nitriles is 1. The largest absolute Gasteiger partial charge is 0.313 e. The molecular formula is C12H20N4. The maximum absolute atomic E-state index is 8.37. The Labute approximate surface area is 97.3 Å². The summed E-state index contributed by atoms with van der Waals surface area (Å²) in [7, 11) is 0. The van der Waals surface area contributed by atoms with Gasteiger partial charge in [-0.05, 0) is 33.2 Å². The summed E-state index contributed by atoms with van der Waals surface area (Å²) in [6.45, 7) is 6.06. The zero-order valence-electron chi connectivity index (χ0n) is 10.1. The van der Waals surface area contributed by atoms with Crippen LogP contribution in [-0.4, -0.2) is 16.3 Å². The number of unbranched alkanes of at least 4 members (excludes halogenated alkanes) is 2. The highest BCUT2D eigenvalue weighted by Crippen LogP contribution is 2.04. The van der Waals surface area contributed by atoms with Gasteiger partial charge in [-0.1, -0.05) is 0 Å². The van der Waals surface area contributed by atoms with Crippen LogP contribution >= 0.6 is 0 Å². The van der Waals surface area contributed by atoms with Gasteiger partial charge in [-0.15, -0.1) is 0 Å². The Bertz CT molecular complexity index is 335. The van der Waals surface area contributed by atoms with E-state index in [-0.39, 0.29) is 0 Å². The van der Waals surface area contributed by atoms with Gasteiger partial charge >= 0.3 is 0 Å². The average molecular weight is 220 g/mol. The van der Waals surface area contributed by atoms with E-state index in [2.05, 4.69) is 36.5 Å². The highest BCUT2D eigenvalue weighted by atomic mass is 15.3. The van der Waals surface area contributed by atoms with Crippen LogP contribution in [0.3, 0.4) is 0 Å². The topological polar surface area (TPSA) is 53.6 Å². The zero-order valence-corrected chi connectivity index (χ0v) is 10.1. The first-order valence-corrected chi connectivity index (χ1v) is 5.84. The Morgan fingerprint density at radius 2 is 2.31 bits per heavy atom. The van der Waals surface area contributed by atoms with Gasteiger partial charge in [0.15, 0.2) is 0 Å². The van der Waals surface area contributed by atoms with Crippen LogP contribution in [0.4, 0.5) is 0 Å². The van der Waals surface area contributed by atoms with E-state index in [1.807, 2.05) is 10.9 Å². The molecule has 1 N–H and O–H groups in total. The van der Waals surface area contributed by atoms with E-state index in [1.54, 1.807) is 0 Å². The molecule has 0 fully saturated rings. The minimum atomic E-state index is 0.421. The minimum Gasteiger partial charge on any atom is -0.313 e. The van der Waals surface area contributed by atoms with Crippen LogP contribution in [-0.2, 0) is 6.54 Å². The van der Waals surface area contributed by atoms with E-state index < -0.39 is 0 Å². The highest BCUT2D eigenvalue weighted by Gasteiger charge is 2.00. The third kappa shape index (κ3) is 4.45. The van der Waals surface area contributed by atoms with Crippen LogP contribution in [0.2, 0.25) is 0 Å². The van der Waals surface area contributed by atoms with Crippen molar-refractivity contribution < 1.29 is 0 Å². The maximum Gasteiger partial charge on any atom is 0.0621 e. The van der Waals surface area contributed by atoms with Crippen molar-refractivity contribution in [1.82, 2.24) is 15.1 Å². The summed E-state index contributed by atoms with van der Waals surface area (Å²) in [6.07, 6.45) is 6.68. The van der Waals surface area contributed by atoms with Gasteiger partial charge in [-0.25, -0.2) is 0 Å². The molecule has 0 aliphatic heterocycles. The predicted molar refractivity (Wildman–Crippen MR) is 63.8 cm³/mol. The van der Waals surface area contributed by atoms with Crippen molar-refractivity contribution in [3.63, 3.8) is 0 Å². The molecule has 0 unspecified atom stereocenters. The maximum atomic E-state index is 8.37. The first kappa shape index (κ1) is 12.7. The molecular weight excluding hydrogens is 200 g/mol. The first-order valence-electron chi connectivity index (χ1n) is 5.84. The van der Waals surface area contributed by atoms with Gasteiger partial charge in [0.05, 0.1) is 12.3 Å². The van der Waals surface area contributed by atoms with Gasteiger partial charge in [0.1, 0.15) is 0 Å². The molecule has 0 spiro atoms. The van der Waals surface area contributed by atoms with Crippen molar-refractivity contribution >= 4 is 0 Å². The summed E-state index contributed by atoms with van der Waals surface area (Å²) in [5.74, 6) is 0. The van der Waals surface area contributed by atoms with Crippen LogP contribution in [0.15, 0.2) is 12.4 Å². The van der Waals surface area contributed by atoms with Crippen molar-refractivity contribution in [3.05, 3.63) is 18.0 Å². The molecule has 0 saturated carbocycles. The van der Waals surface area contributed by atoms with Crippen LogP contribution in [0, 0.1) is 11.3 Å². The van der Waals surface area contributed by atoms with E-state index in [9.17, 15) is 0 Å². The van der Waals surface area contributed by atoms with E-state index in [1.165, 1.54) is 5.56 Å². The van der Waals surface area contributed by atoms with Gasteiger partial charge in [-0.3, -0.25) is 4.68 Å². The summed E-state index contributed by atoms with van der Waals surface area (Å²) >= 11 is 0. The molecule has 0 aliphatic carbocycles. The number of hydrogen-bond donors (Lipinski definition) is 1. The molecule has 0 radical (unpaired) electrons. The fraction of sp³-hybridized carbons (Fsp3) is 0.667. The van der Waals surface area contributed by atoms with Gasteiger partial charge in [0.25, 0.3) is 0 Å². The third-order valence-corrected chi connectivity index (χ3v) is 2.41. The molecule has 0 aromatic carbocycles. The Balaban J connectivity index is 2.15. The standard InChI is InChI=1S/C12H20N4/c1-11(2)16-10-12(9-15-16)8-14-7-5-3-4-6-13/h9-11,14H,3-5,7-8H2,1-2H3. The second kappa shape index (κ2) is 7.02. The summed E-state index contributed by atoms with van der Waals surface area (Å²) < 4.78 is 1.96. The molecule has 1 aromatic heterocycles. The highest BCUT2D eigenvalue weighted by molar-refractivity contribution is 5.03. The summed E-state index contributed by atoms with van der Waals surface area (Å²) in [4.78, 5) is 0. The molecule has 1 rings (SSSR count). The van der Waals surface area contributed by atoms with Crippen molar-refractivity contribution in [2.45, 2.75) is 45.7 Å². The normalized spacial score (nSPS) is 10.6. The fourth-order valence-corrected chi connectivity index (χ4v) is 1.44. The second-order valence-electron chi connectivity index (χ2n) is 4.21. The van der Waals surface area contributed by atoms with E-state index in [4.69, 9.17) is 5.26 Å². The van der Waals surface area contributed by atoms with Gasteiger partial charge in [0, 0.05) is 30.8 Å². The van der Waals surface area contributed by atoms with Crippen LogP contribution in [0.25, 0.3) is 0 Å². The predicted octanol–water partition coefficient (Wildman–Crippen LogP) is 2.25. The number of hydrogen-bond acceptors (Lipinski definition) is 3. The van der Waals surface area contributed by atoms with Crippen LogP contribution < -0.4 is 5.32 Å². The summed E-state index contributed by atoms with van der Waals surface area (Å²) in [5, 5.41) is 16.0. The molecule has 0 bridgehead atoms. The lowest BCUT2D eigenvalue weighted by Gasteiger charge is -2.03. The molecule has 0 atom stereocenters. The van der Waals surface area contributed by atoms with Gasteiger partial charge in [-0.2, -0.15) is 10.4 Å². The van der Waals surface area contributed by atoms with Gasteiger partial charge < -0.3 is 5.32 Å². The molecule has 16 heavy (non-hydrogen) atoms. The number of nitrogens with zero attached hydrogens (tertiary/aromatic N) is 3. The lowest BCUT2D eigenvalue weighted by atomic mass is 10.2. The summed E-state index contributed by atoms with van der Waals surface area (Å²) in [6, 6.07) is 2.57. The number of rotatable bonds is 7. The summed E-state index contributed by atoms with van der Waals surface area (Å²) in [5.41, 5.74) is 1.22. The Morgan fingerprint density at radius 3 is 2.94 bits per heavy atom. The lowest BCUT2D eigenvalue weighted by Crippen LogP contribution is -2.14. The van der Waals surface area contributed by atoms with Crippen molar-refractivity contribution in [2.24, 2.45) is 0 Å². The zero-order chi connectivity index (χ0) is 11.8. The Hall–Kier alpha value is -1.34. The van der Waals surface area contributed by atoms with Gasteiger partial charge in [0.2, 0.25) is 0 Å². The average Bonchev–Trinajstić information content (AvgIpc) is 2.72. The first-order chi connectivity index (χ1) is 7.74. The quantitative estimate of drug-likeness (QED) is 0.717. The second-order valence-corrected chi connectivity index (χ2v) is 4.21. The van der Waals surface area contributed by atoms with Crippen molar-refractivity contribution in [1.29, 1.82) is 5.26 Å².